The number of nitrogens with two attached hydrogens (primary N) is 1. The lowest BCUT2D eigenvalue weighted by Gasteiger charge is -2.34. The molecule has 100 valence electrons. The number of hydrogen-bond donors (Lipinski definition) is 1. The standard InChI is InChI=1S/C12H18N2O3S/c1-9-7-14(8-10(2)17-9)18(15,16)12-6-4-3-5-11(12)13/h3-6,9-10H,7-8,13H2,1-2H3/t9-,10+. The smallest absolute Gasteiger partial charge is 0.245 e. The Morgan fingerprint density at radius 2 is 1.78 bits per heavy atom. The van der Waals surface area contributed by atoms with Gasteiger partial charge in [-0.2, -0.15) is 4.31 Å². The van der Waals surface area contributed by atoms with Gasteiger partial charge in [0.1, 0.15) is 4.90 Å². The molecule has 0 unspecified atom stereocenters. The SMILES string of the molecule is C[C@@H]1CN(S(=O)(=O)c2ccccc2N)C[C@H](C)O1. The van der Waals surface area contributed by atoms with Crippen LogP contribution in [0.2, 0.25) is 0 Å². The second kappa shape index (κ2) is 4.87. The maximum absolute atomic E-state index is 12.5. The highest BCUT2D eigenvalue weighted by Crippen LogP contribution is 2.24. The van der Waals surface area contributed by atoms with Gasteiger partial charge in [-0.1, -0.05) is 12.1 Å². The Balaban J connectivity index is 2.34. The number of nitrogens with zero attached hydrogens (tertiary/aromatic N) is 1. The van der Waals surface area contributed by atoms with Crippen LogP contribution in [0.25, 0.3) is 0 Å². The molecule has 1 aromatic rings. The zero-order valence-corrected chi connectivity index (χ0v) is 11.4. The fourth-order valence-electron chi connectivity index (χ4n) is 2.18. The van der Waals surface area contributed by atoms with Gasteiger partial charge in [0.25, 0.3) is 0 Å². The van der Waals surface area contributed by atoms with Crippen molar-refractivity contribution in [1.82, 2.24) is 4.31 Å². The summed E-state index contributed by atoms with van der Waals surface area (Å²) in [4.78, 5) is 0.173. The van der Waals surface area contributed by atoms with Crippen LogP contribution in [0.3, 0.4) is 0 Å². The minimum atomic E-state index is -3.53. The topological polar surface area (TPSA) is 72.6 Å². The van der Waals surface area contributed by atoms with Crippen molar-refractivity contribution in [3.05, 3.63) is 24.3 Å². The third-order valence-electron chi connectivity index (χ3n) is 2.92. The molecule has 2 atom stereocenters. The van der Waals surface area contributed by atoms with Crippen molar-refractivity contribution in [3.63, 3.8) is 0 Å². The first-order valence-corrected chi connectivity index (χ1v) is 7.35. The summed E-state index contributed by atoms with van der Waals surface area (Å²) in [5.41, 5.74) is 6.03. The first-order valence-electron chi connectivity index (χ1n) is 5.91. The number of para-hydroxylation sites is 1. The van der Waals surface area contributed by atoms with Crippen LogP contribution in [0.5, 0.6) is 0 Å². The van der Waals surface area contributed by atoms with E-state index in [9.17, 15) is 8.42 Å². The summed E-state index contributed by atoms with van der Waals surface area (Å²) in [5.74, 6) is 0. The normalized spacial score (nSPS) is 26.1. The van der Waals surface area contributed by atoms with Gasteiger partial charge in [0.05, 0.1) is 17.9 Å². The highest BCUT2D eigenvalue weighted by molar-refractivity contribution is 7.89. The maximum atomic E-state index is 12.5. The molecule has 2 rings (SSSR count). The number of nitrogen functional groups attached to an aromatic ring is 1. The molecule has 0 aliphatic carbocycles. The van der Waals surface area contributed by atoms with E-state index in [0.717, 1.165) is 0 Å². The summed E-state index contributed by atoms with van der Waals surface area (Å²) >= 11 is 0. The van der Waals surface area contributed by atoms with Gasteiger partial charge < -0.3 is 10.5 Å². The molecule has 0 amide bonds. The van der Waals surface area contributed by atoms with Crippen LogP contribution in [0.1, 0.15) is 13.8 Å². The van der Waals surface area contributed by atoms with Gasteiger partial charge in [0, 0.05) is 13.1 Å². The van der Waals surface area contributed by atoms with Crippen LogP contribution in [-0.2, 0) is 14.8 Å². The number of hydrogen-bond acceptors (Lipinski definition) is 4. The molecule has 0 radical (unpaired) electrons. The molecular formula is C12H18N2O3S. The molecule has 1 aliphatic rings. The van der Waals surface area contributed by atoms with Crippen molar-refractivity contribution in [2.24, 2.45) is 0 Å². The second-order valence-electron chi connectivity index (χ2n) is 4.62. The van der Waals surface area contributed by atoms with Crippen LogP contribution < -0.4 is 5.73 Å². The Labute approximate surface area is 108 Å². The van der Waals surface area contributed by atoms with Gasteiger partial charge in [0.2, 0.25) is 10.0 Å². The Bertz CT molecular complexity index is 520. The molecule has 1 heterocycles. The number of anilines is 1. The first kappa shape index (κ1) is 13.3. The minimum absolute atomic E-state index is 0.103. The number of ether oxygens (including phenoxy) is 1. The Morgan fingerprint density at radius 1 is 1.22 bits per heavy atom. The van der Waals surface area contributed by atoms with Crippen molar-refractivity contribution in [3.8, 4) is 0 Å². The minimum Gasteiger partial charge on any atom is -0.398 e. The van der Waals surface area contributed by atoms with Crippen LogP contribution in [0.4, 0.5) is 5.69 Å². The van der Waals surface area contributed by atoms with E-state index in [1.54, 1.807) is 18.2 Å². The van der Waals surface area contributed by atoms with Gasteiger partial charge >= 0.3 is 0 Å². The van der Waals surface area contributed by atoms with Gasteiger partial charge in [-0.25, -0.2) is 8.42 Å². The number of rotatable bonds is 2. The average molecular weight is 270 g/mol. The highest BCUT2D eigenvalue weighted by atomic mass is 32.2. The fourth-order valence-corrected chi connectivity index (χ4v) is 3.89. The number of sulfonamides is 1. The van der Waals surface area contributed by atoms with Gasteiger partial charge in [-0.05, 0) is 26.0 Å². The van der Waals surface area contributed by atoms with Crippen molar-refractivity contribution in [1.29, 1.82) is 0 Å². The highest BCUT2D eigenvalue weighted by Gasteiger charge is 2.32. The quantitative estimate of drug-likeness (QED) is 0.816. The number of morpholine rings is 1. The molecule has 2 N–H and O–H groups in total. The molecule has 1 saturated heterocycles. The lowest BCUT2D eigenvalue weighted by atomic mass is 10.3. The van der Waals surface area contributed by atoms with E-state index in [-0.39, 0.29) is 22.8 Å². The van der Waals surface area contributed by atoms with Crippen LogP contribution in [-0.4, -0.2) is 38.0 Å². The van der Waals surface area contributed by atoms with E-state index in [2.05, 4.69) is 0 Å². The van der Waals surface area contributed by atoms with Crippen molar-refractivity contribution in [2.45, 2.75) is 31.0 Å². The molecular weight excluding hydrogens is 252 g/mol. The summed E-state index contributed by atoms with van der Waals surface area (Å²) in [7, 11) is -3.53. The summed E-state index contributed by atoms with van der Waals surface area (Å²) < 4.78 is 32.0. The molecule has 5 nitrogen and oxygen atoms in total. The molecule has 1 aromatic carbocycles. The molecule has 0 aromatic heterocycles. The lowest BCUT2D eigenvalue weighted by Crippen LogP contribution is -2.48. The van der Waals surface area contributed by atoms with E-state index in [4.69, 9.17) is 10.5 Å². The largest absolute Gasteiger partial charge is 0.398 e. The van der Waals surface area contributed by atoms with E-state index in [0.29, 0.717) is 13.1 Å². The van der Waals surface area contributed by atoms with Gasteiger partial charge in [-0.3, -0.25) is 0 Å². The van der Waals surface area contributed by atoms with Crippen molar-refractivity contribution < 1.29 is 13.2 Å². The fraction of sp³-hybridized carbons (Fsp3) is 0.500. The van der Waals surface area contributed by atoms with E-state index >= 15 is 0 Å². The first-order chi connectivity index (χ1) is 8.41. The lowest BCUT2D eigenvalue weighted by molar-refractivity contribution is -0.0440. The predicted molar refractivity (Wildman–Crippen MR) is 69.6 cm³/mol. The molecule has 6 heteroatoms. The maximum Gasteiger partial charge on any atom is 0.245 e. The third kappa shape index (κ3) is 2.50. The molecule has 1 fully saturated rings. The van der Waals surface area contributed by atoms with E-state index in [1.807, 2.05) is 13.8 Å². The van der Waals surface area contributed by atoms with Gasteiger partial charge in [0.15, 0.2) is 0 Å². The summed E-state index contributed by atoms with van der Waals surface area (Å²) in [5, 5.41) is 0. The summed E-state index contributed by atoms with van der Waals surface area (Å²) in [6, 6.07) is 6.53. The van der Waals surface area contributed by atoms with Crippen molar-refractivity contribution >= 4 is 15.7 Å². The predicted octanol–water partition coefficient (Wildman–Crippen LogP) is 1.07. The third-order valence-corrected chi connectivity index (χ3v) is 4.83. The molecule has 0 bridgehead atoms. The number of benzene rings is 1. The summed E-state index contributed by atoms with van der Waals surface area (Å²) in [6.07, 6.45) is -0.207. The zero-order chi connectivity index (χ0) is 13.3. The second-order valence-corrected chi connectivity index (χ2v) is 6.52. The van der Waals surface area contributed by atoms with Crippen molar-refractivity contribution in [2.75, 3.05) is 18.8 Å². The average Bonchev–Trinajstić information content (AvgIpc) is 2.28. The Hall–Kier alpha value is -1.11. The Morgan fingerprint density at radius 3 is 2.33 bits per heavy atom. The van der Waals surface area contributed by atoms with Crippen LogP contribution in [0.15, 0.2) is 29.2 Å². The summed E-state index contributed by atoms with van der Waals surface area (Å²) in [6.45, 7) is 4.46. The molecule has 0 spiro atoms. The molecule has 1 aliphatic heterocycles. The molecule has 18 heavy (non-hydrogen) atoms. The molecule has 0 saturated carbocycles. The van der Waals surface area contributed by atoms with E-state index < -0.39 is 10.0 Å². The van der Waals surface area contributed by atoms with Gasteiger partial charge in [-0.15, -0.1) is 0 Å². The van der Waals surface area contributed by atoms with Crippen LogP contribution in [0, 0.1) is 0 Å². The van der Waals surface area contributed by atoms with E-state index in [1.165, 1.54) is 10.4 Å². The zero-order valence-electron chi connectivity index (χ0n) is 10.5. The van der Waals surface area contributed by atoms with Crippen LogP contribution >= 0.6 is 0 Å². The monoisotopic (exact) mass is 270 g/mol. The Kier molecular flexibility index (Phi) is 3.61.